The molecule has 8 heteroatoms. The van der Waals surface area contributed by atoms with Crippen LogP contribution in [0, 0.1) is 5.41 Å². The summed E-state index contributed by atoms with van der Waals surface area (Å²) in [5, 5.41) is 18.6. The fourth-order valence-electron chi connectivity index (χ4n) is 3.44. The highest BCUT2D eigenvalue weighted by molar-refractivity contribution is 5.94. The van der Waals surface area contributed by atoms with Crippen molar-refractivity contribution in [1.82, 2.24) is 20.4 Å². The number of aryl methyl sites for hydroxylation is 2. The van der Waals surface area contributed by atoms with Gasteiger partial charge >= 0.3 is 0 Å². The third-order valence-corrected chi connectivity index (χ3v) is 5.30. The Morgan fingerprint density at radius 3 is 2.76 bits per heavy atom. The van der Waals surface area contributed by atoms with Crippen LogP contribution in [0.2, 0.25) is 0 Å². The molecule has 29 heavy (non-hydrogen) atoms. The van der Waals surface area contributed by atoms with Crippen molar-refractivity contribution in [2.45, 2.75) is 59.0 Å². The van der Waals surface area contributed by atoms with E-state index in [-0.39, 0.29) is 35.6 Å². The lowest BCUT2D eigenvalue weighted by Gasteiger charge is -2.31. The van der Waals surface area contributed by atoms with E-state index >= 15 is 0 Å². The predicted molar refractivity (Wildman–Crippen MR) is 108 cm³/mol. The van der Waals surface area contributed by atoms with Crippen molar-refractivity contribution in [1.29, 1.82) is 0 Å². The molecule has 8 nitrogen and oxygen atoms in total. The quantitative estimate of drug-likeness (QED) is 0.656. The largest absolute Gasteiger partial charge is 0.396 e. The first-order valence-electron chi connectivity index (χ1n) is 10.1. The summed E-state index contributed by atoms with van der Waals surface area (Å²) in [7, 11) is 0. The molecule has 1 aliphatic rings. The van der Waals surface area contributed by atoms with E-state index in [2.05, 4.69) is 20.4 Å². The highest BCUT2D eigenvalue weighted by Gasteiger charge is 2.28. The summed E-state index contributed by atoms with van der Waals surface area (Å²) in [5.41, 5.74) is 1.74. The van der Waals surface area contributed by atoms with Crippen molar-refractivity contribution < 1.29 is 19.2 Å². The molecule has 0 fully saturated rings. The Balaban J connectivity index is 1.62. The van der Waals surface area contributed by atoms with Crippen LogP contribution in [0.5, 0.6) is 0 Å². The van der Waals surface area contributed by atoms with Crippen LogP contribution < -0.4 is 10.6 Å². The lowest BCUT2D eigenvalue weighted by molar-refractivity contribution is 0.0865. The van der Waals surface area contributed by atoms with Crippen LogP contribution in [-0.4, -0.2) is 45.8 Å². The molecule has 0 bridgehead atoms. The molecule has 0 saturated heterocycles. The number of nitrogens with one attached hydrogen (secondary N) is 2. The first-order valence-corrected chi connectivity index (χ1v) is 10.1. The molecule has 0 saturated carbocycles. The predicted octanol–water partition coefficient (Wildman–Crippen LogP) is 1.92. The van der Waals surface area contributed by atoms with Crippen molar-refractivity contribution >= 4 is 11.8 Å². The SMILES string of the molecule is CC(C)(C)C(CNC(=O)c1cc2n(c1)CCCC2)NC(=O)c1cc(CCO)on1. The van der Waals surface area contributed by atoms with E-state index in [1.54, 1.807) is 0 Å². The summed E-state index contributed by atoms with van der Waals surface area (Å²) in [6, 6.07) is 3.18. The van der Waals surface area contributed by atoms with Gasteiger partial charge in [-0.15, -0.1) is 0 Å². The third-order valence-electron chi connectivity index (χ3n) is 5.30. The number of nitrogens with zero attached hydrogens (tertiary/aromatic N) is 2. The van der Waals surface area contributed by atoms with E-state index < -0.39 is 0 Å². The molecule has 0 spiro atoms. The maximum Gasteiger partial charge on any atom is 0.273 e. The van der Waals surface area contributed by atoms with E-state index in [1.807, 2.05) is 33.0 Å². The van der Waals surface area contributed by atoms with Crippen LogP contribution in [0.3, 0.4) is 0 Å². The van der Waals surface area contributed by atoms with Gasteiger partial charge in [-0.2, -0.15) is 0 Å². The van der Waals surface area contributed by atoms with Crippen molar-refractivity contribution in [3.8, 4) is 0 Å². The Kier molecular flexibility index (Phi) is 6.42. The zero-order chi connectivity index (χ0) is 21.0. The lowest BCUT2D eigenvalue weighted by Crippen LogP contribution is -2.50. The normalized spacial score (nSPS) is 14.9. The Labute approximate surface area is 170 Å². The Morgan fingerprint density at radius 1 is 1.28 bits per heavy atom. The summed E-state index contributed by atoms with van der Waals surface area (Å²) in [6.07, 6.45) is 5.52. The molecule has 0 aliphatic carbocycles. The number of carbonyl (C=O) groups is 2. The van der Waals surface area contributed by atoms with Crippen LogP contribution in [0.15, 0.2) is 22.9 Å². The van der Waals surface area contributed by atoms with Gasteiger partial charge in [0.05, 0.1) is 18.2 Å². The van der Waals surface area contributed by atoms with Gasteiger partial charge in [0.2, 0.25) is 0 Å². The lowest BCUT2D eigenvalue weighted by atomic mass is 9.86. The van der Waals surface area contributed by atoms with Crippen molar-refractivity contribution in [2.24, 2.45) is 5.41 Å². The zero-order valence-corrected chi connectivity index (χ0v) is 17.3. The van der Waals surface area contributed by atoms with Gasteiger partial charge in [0.1, 0.15) is 5.76 Å². The molecular formula is C21H30N4O4. The summed E-state index contributed by atoms with van der Waals surface area (Å²) in [6.45, 7) is 7.19. The molecule has 0 radical (unpaired) electrons. The minimum Gasteiger partial charge on any atom is -0.396 e. The molecule has 158 valence electrons. The summed E-state index contributed by atoms with van der Waals surface area (Å²) in [4.78, 5) is 25.2. The maximum atomic E-state index is 12.6. The number of rotatable bonds is 7. The molecule has 0 aromatic carbocycles. The van der Waals surface area contributed by atoms with Crippen molar-refractivity contribution in [2.75, 3.05) is 13.2 Å². The fraction of sp³-hybridized carbons (Fsp3) is 0.571. The Bertz CT molecular complexity index is 839. The monoisotopic (exact) mass is 402 g/mol. The van der Waals surface area contributed by atoms with E-state index in [9.17, 15) is 9.59 Å². The highest BCUT2D eigenvalue weighted by atomic mass is 16.5. The molecule has 1 aliphatic heterocycles. The highest BCUT2D eigenvalue weighted by Crippen LogP contribution is 2.21. The number of aliphatic hydroxyl groups is 1. The third kappa shape index (κ3) is 5.26. The van der Waals surface area contributed by atoms with Gasteiger partial charge in [0, 0.05) is 37.5 Å². The van der Waals surface area contributed by atoms with Crippen LogP contribution in [-0.2, 0) is 19.4 Å². The van der Waals surface area contributed by atoms with Gasteiger partial charge in [-0.25, -0.2) is 0 Å². The van der Waals surface area contributed by atoms with Crippen LogP contribution in [0.25, 0.3) is 0 Å². The average Bonchev–Trinajstić information content (AvgIpc) is 3.31. The van der Waals surface area contributed by atoms with E-state index in [0.717, 1.165) is 25.8 Å². The number of fused-ring (bicyclic) bond motifs is 1. The molecule has 2 aromatic rings. The number of amides is 2. The Hall–Kier alpha value is -2.61. The summed E-state index contributed by atoms with van der Waals surface area (Å²) in [5.74, 6) is -0.0514. The van der Waals surface area contributed by atoms with Gasteiger partial charge < -0.3 is 24.8 Å². The van der Waals surface area contributed by atoms with Crippen molar-refractivity contribution in [3.05, 3.63) is 41.0 Å². The van der Waals surface area contributed by atoms with E-state index in [1.165, 1.54) is 11.8 Å². The molecular weight excluding hydrogens is 372 g/mol. The summed E-state index contributed by atoms with van der Waals surface area (Å²) < 4.78 is 7.20. The molecule has 2 amide bonds. The van der Waals surface area contributed by atoms with Crippen LogP contribution in [0.4, 0.5) is 0 Å². The number of carbonyl (C=O) groups excluding carboxylic acids is 2. The Morgan fingerprint density at radius 2 is 2.07 bits per heavy atom. The minimum absolute atomic E-state index is 0.0731. The van der Waals surface area contributed by atoms with E-state index in [0.29, 0.717) is 24.3 Å². The van der Waals surface area contributed by atoms with E-state index in [4.69, 9.17) is 9.63 Å². The first kappa shape index (κ1) is 21.1. The summed E-state index contributed by atoms with van der Waals surface area (Å²) >= 11 is 0. The molecule has 3 rings (SSSR count). The topological polar surface area (TPSA) is 109 Å². The van der Waals surface area contributed by atoms with Gasteiger partial charge in [-0.05, 0) is 30.7 Å². The van der Waals surface area contributed by atoms with Crippen molar-refractivity contribution in [3.63, 3.8) is 0 Å². The minimum atomic E-state index is -0.369. The second-order valence-corrected chi connectivity index (χ2v) is 8.62. The number of aromatic nitrogens is 2. The zero-order valence-electron chi connectivity index (χ0n) is 17.3. The smallest absolute Gasteiger partial charge is 0.273 e. The van der Waals surface area contributed by atoms with Gasteiger partial charge in [0.25, 0.3) is 11.8 Å². The number of hydrogen-bond donors (Lipinski definition) is 3. The maximum absolute atomic E-state index is 12.6. The number of aliphatic hydroxyl groups excluding tert-OH is 1. The standard InChI is InChI=1S/C21H30N4O4/c1-21(2,3)18(23-20(28)17-11-16(7-9-26)29-24-17)12-22-19(27)14-10-15-6-4-5-8-25(15)13-14/h10-11,13,18,26H,4-9,12H2,1-3H3,(H,22,27)(H,23,28). The number of hydrogen-bond acceptors (Lipinski definition) is 5. The molecule has 1 unspecified atom stereocenters. The fourth-order valence-corrected chi connectivity index (χ4v) is 3.44. The molecule has 3 heterocycles. The average molecular weight is 402 g/mol. The van der Waals surface area contributed by atoms with Gasteiger partial charge in [-0.1, -0.05) is 25.9 Å². The molecule has 1 atom stereocenters. The molecule has 3 N–H and O–H groups in total. The van der Waals surface area contributed by atoms with Gasteiger partial charge in [-0.3, -0.25) is 9.59 Å². The van der Waals surface area contributed by atoms with Gasteiger partial charge in [0.15, 0.2) is 5.69 Å². The van der Waals surface area contributed by atoms with Crippen LogP contribution >= 0.6 is 0 Å². The second-order valence-electron chi connectivity index (χ2n) is 8.62. The van der Waals surface area contributed by atoms with Crippen LogP contribution in [0.1, 0.15) is 65.9 Å². The molecule has 2 aromatic heterocycles. The second kappa shape index (κ2) is 8.82. The first-order chi connectivity index (χ1) is 13.8.